The standard InChI is InChI=1S/C23H18N4O/c1-26(16-9-3-2-4-10-16)21(28)15-27-20-14-8-5-11-17(20)22-23(27)25-19-13-7-6-12-18(19)24-22/h2-14H,15H2,1H3. The van der Waals surface area contributed by atoms with Crippen LogP contribution in [0.2, 0.25) is 0 Å². The summed E-state index contributed by atoms with van der Waals surface area (Å²) in [5.74, 6) is -0.0104. The van der Waals surface area contributed by atoms with E-state index >= 15 is 0 Å². The van der Waals surface area contributed by atoms with Crippen molar-refractivity contribution in [2.75, 3.05) is 11.9 Å². The summed E-state index contributed by atoms with van der Waals surface area (Å²) in [5, 5.41) is 1.01. The quantitative estimate of drug-likeness (QED) is 0.475. The summed E-state index contributed by atoms with van der Waals surface area (Å²) in [6.07, 6.45) is 0. The second kappa shape index (κ2) is 6.46. The van der Waals surface area contributed by atoms with E-state index in [1.54, 1.807) is 11.9 Å². The smallest absolute Gasteiger partial charge is 0.246 e. The highest BCUT2D eigenvalue weighted by atomic mass is 16.2. The monoisotopic (exact) mass is 366 g/mol. The zero-order valence-corrected chi connectivity index (χ0v) is 15.4. The lowest BCUT2D eigenvalue weighted by molar-refractivity contribution is -0.118. The van der Waals surface area contributed by atoms with E-state index in [4.69, 9.17) is 9.97 Å². The van der Waals surface area contributed by atoms with E-state index in [9.17, 15) is 4.79 Å². The zero-order chi connectivity index (χ0) is 19.1. The Morgan fingerprint density at radius 3 is 2.29 bits per heavy atom. The van der Waals surface area contributed by atoms with E-state index in [2.05, 4.69) is 0 Å². The van der Waals surface area contributed by atoms with Gasteiger partial charge in [-0.1, -0.05) is 48.5 Å². The van der Waals surface area contributed by atoms with Crippen molar-refractivity contribution in [3.05, 3.63) is 78.9 Å². The van der Waals surface area contributed by atoms with Gasteiger partial charge in [-0.05, 0) is 30.3 Å². The third kappa shape index (κ3) is 2.60. The van der Waals surface area contributed by atoms with Gasteiger partial charge in [0.25, 0.3) is 0 Å². The van der Waals surface area contributed by atoms with Crippen molar-refractivity contribution in [2.45, 2.75) is 6.54 Å². The molecule has 0 N–H and O–H groups in total. The molecule has 0 spiro atoms. The molecule has 0 radical (unpaired) electrons. The van der Waals surface area contributed by atoms with Crippen molar-refractivity contribution >= 4 is 44.7 Å². The number of hydrogen-bond donors (Lipinski definition) is 0. The molecular weight excluding hydrogens is 348 g/mol. The molecule has 2 heterocycles. The Bertz CT molecular complexity index is 1320. The summed E-state index contributed by atoms with van der Waals surface area (Å²) in [4.78, 5) is 24.4. The summed E-state index contributed by atoms with van der Waals surface area (Å²) in [6.45, 7) is 0.197. The first-order chi connectivity index (χ1) is 13.7. The molecule has 0 saturated heterocycles. The van der Waals surface area contributed by atoms with E-state index < -0.39 is 0 Å². The molecule has 1 amide bonds. The lowest BCUT2D eigenvalue weighted by atomic mass is 10.2. The minimum atomic E-state index is -0.0104. The molecule has 28 heavy (non-hydrogen) atoms. The lowest BCUT2D eigenvalue weighted by Gasteiger charge is -2.18. The molecule has 0 atom stereocenters. The maximum Gasteiger partial charge on any atom is 0.246 e. The number of carbonyl (C=O) groups excluding carboxylic acids is 1. The molecule has 5 heteroatoms. The summed E-state index contributed by atoms with van der Waals surface area (Å²) in [6, 6.07) is 25.5. The Kier molecular flexibility index (Phi) is 3.79. The van der Waals surface area contributed by atoms with Crippen molar-refractivity contribution < 1.29 is 4.79 Å². The molecule has 0 aliphatic rings. The zero-order valence-electron chi connectivity index (χ0n) is 15.4. The van der Waals surface area contributed by atoms with Gasteiger partial charge in [0.15, 0.2) is 5.65 Å². The van der Waals surface area contributed by atoms with E-state index in [1.807, 2.05) is 83.4 Å². The Labute approximate surface area is 161 Å². The molecule has 0 aliphatic carbocycles. The van der Waals surface area contributed by atoms with E-state index in [-0.39, 0.29) is 12.5 Å². The molecule has 5 rings (SSSR count). The van der Waals surface area contributed by atoms with Gasteiger partial charge in [-0.3, -0.25) is 4.79 Å². The Morgan fingerprint density at radius 1 is 0.857 bits per heavy atom. The van der Waals surface area contributed by atoms with Gasteiger partial charge in [-0.25, -0.2) is 9.97 Å². The van der Waals surface area contributed by atoms with Gasteiger partial charge in [-0.15, -0.1) is 0 Å². The van der Waals surface area contributed by atoms with E-state index in [1.165, 1.54) is 0 Å². The Balaban J connectivity index is 1.67. The van der Waals surface area contributed by atoms with Crippen LogP contribution in [0.4, 0.5) is 5.69 Å². The molecule has 0 aliphatic heterocycles. The minimum absolute atomic E-state index is 0.0104. The van der Waals surface area contributed by atoms with Crippen molar-refractivity contribution in [3.63, 3.8) is 0 Å². The second-order valence-corrected chi connectivity index (χ2v) is 6.78. The highest BCUT2D eigenvalue weighted by molar-refractivity contribution is 6.07. The van der Waals surface area contributed by atoms with Crippen molar-refractivity contribution in [2.24, 2.45) is 0 Å². The number of para-hydroxylation sites is 4. The fourth-order valence-electron chi connectivity index (χ4n) is 3.58. The van der Waals surface area contributed by atoms with Crippen LogP contribution in [0.15, 0.2) is 78.9 Å². The number of anilines is 1. The number of fused-ring (bicyclic) bond motifs is 4. The Morgan fingerprint density at radius 2 is 1.50 bits per heavy atom. The van der Waals surface area contributed by atoms with E-state index in [0.717, 1.165) is 38.8 Å². The largest absolute Gasteiger partial charge is 0.314 e. The summed E-state index contributed by atoms with van der Waals surface area (Å²) < 4.78 is 1.96. The topological polar surface area (TPSA) is 51.0 Å². The molecule has 136 valence electrons. The van der Waals surface area contributed by atoms with Crippen LogP contribution in [-0.2, 0) is 11.3 Å². The van der Waals surface area contributed by atoms with Crippen LogP contribution in [0.1, 0.15) is 0 Å². The predicted octanol–water partition coefficient (Wildman–Crippen LogP) is 4.40. The number of likely N-dealkylation sites (N-methyl/N-ethyl adjacent to an activating group) is 1. The molecule has 2 aromatic heterocycles. The highest BCUT2D eigenvalue weighted by Gasteiger charge is 2.18. The summed E-state index contributed by atoms with van der Waals surface area (Å²) in [7, 11) is 1.80. The first-order valence-corrected chi connectivity index (χ1v) is 9.18. The number of amides is 1. The first kappa shape index (κ1) is 16.4. The van der Waals surface area contributed by atoms with Crippen LogP contribution < -0.4 is 4.90 Å². The number of hydrogen-bond acceptors (Lipinski definition) is 3. The normalized spacial score (nSPS) is 11.3. The molecular formula is C23H18N4O. The number of aromatic nitrogens is 3. The van der Waals surface area contributed by atoms with Gasteiger partial charge in [0.2, 0.25) is 5.91 Å². The maximum atomic E-state index is 13.0. The van der Waals surface area contributed by atoms with Gasteiger partial charge in [0, 0.05) is 18.1 Å². The van der Waals surface area contributed by atoms with Gasteiger partial charge in [0.1, 0.15) is 12.1 Å². The maximum absolute atomic E-state index is 13.0. The molecule has 0 bridgehead atoms. The van der Waals surface area contributed by atoms with Crippen molar-refractivity contribution in [3.8, 4) is 0 Å². The predicted molar refractivity (Wildman–Crippen MR) is 112 cm³/mol. The van der Waals surface area contributed by atoms with Crippen LogP contribution in [-0.4, -0.2) is 27.5 Å². The first-order valence-electron chi connectivity index (χ1n) is 9.18. The molecule has 3 aromatic carbocycles. The molecule has 5 aromatic rings. The van der Waals surface area contributed by atoms with Crippen molar-refractivity contribution in [1.82, 2.24) is 14.5 Å². The van der Waals surface area contributed by atoms with E-state index in [0.29, 0.717) is 0 Å². The van der Waals surface area contributed by atoms with Crippen LogP contribution in [0.25, 0.3) is 33.1 Å². The van der Waals surface area contributed by atoms with Crippen LogP contribution in [0.3, 0.4) is 0 Å². The van der Waals surface area contributed by atoms with Gasteiger partial charge in [-0.2, -0.15) is 0 Å². The number of rotatable bonds is 3. The Hall–Kier alpha value is -3.73. The second-order valence-electron chi connectivity index (χ2n) is 6.78. The SMILES string of the molecule is CN(C(=O)Cn1c2ccccc2c2nc3ccccc3nc21)c1ccccc1. The molecule has 0 unspecified atom stereocenters. The fraction of sp³-hybridized carbons (Fsp3) is 0.0870. The highest BCUT2D eigenvalue weighted by Crippen LogP contribution is 2.28. The van der Waals surface area contributed by atoms with Gasteiger partial charge in [0.05, 0.1) is 16.6 Å². The molecule has 0 saturated carbocycles. The molecule has 5 nitrogen and oxygen atoms in total. The summed E-state index contributed by atoms with van der Waals surface area (Å²) in [5.41, 5.74) is 5.06. The van der Waals surface area contributed by atoms with Gasteiger partial charge < -0.3 is 9.47 Å². The number of benzene rings is 3. The summed E-state index contributed by atoms with van der Waals surface area (Å²) >= 11 is 0. The minimum Gasteiger partial charge on any atom is -0.314 e. The number of carbonyl (C=O) groups is 1. The lowest BCUT2D eigenvalue weighted by Crippen LogP contribution is -2.30. The number of nitrogens with zero attached hydrogens (tertiary/aromatic N) is 4. The van der Waals surface area contributed by atoms with Crippen LogP contribution in [0, 0.1) is 0 Å². The third-order valence-corrected chi connectivity index (χ3v) is 5.07. The average Bonchev–Trinajstić information content (AvgIpc) is 3.05. The van der Waals surface area contributed by atoms with Crippen LogP contribution in [0.5, 0.6) is 0 Å². The third-order valence-electron chi connectivity index (χ3n) is 5.07. The van der Waals surface area contributed by atoms with Crippen LogP contribution >= 0.6 is 0 Å². The van der Waals surface area contributed by atoms with Gasteiger partial charge >= 0.3 is 0 Å². The average molecular weight is 366 g/mol. The molecule has 0 fully saturated rings. The fourth-order valence-corrected chi connectivity index (χ4v) is 3.58. The van der Waals surface area contributed by atoms with Crippen molar-refractivity contribution in [1.29, 1.82) is 0 Å².